The maximum atomic E-state index is 11.4. The molecule has 3 N–H and O–H groups in total. The van der Waals surface area contributed by atoms with E-state index in [9.17, 15) is 8.42 Å². The van der Waals surface area contributed by atoms with Crippen molar-refractivity contribution in [1.82, 2.24) is 4.72 Å². The molecule has 0 saturated carbocycles. The molecule has 0 bridgehead atoms. The fourth-order valence-corrected chi connectivity index (χ4v) is 1.99. The summed E-state index contributed by atoms with van der Waals surface area (Å²) in [6.07, 6.45) is 0.677. The molecular weight excluding hydrogens is 252 g/mol. The summed E-state index contributed by atoms with van der Waals surface area (Å²) in [6.45, 7) is 1.73. The monoisotopic (exact) mass is 268 g/mol. The largest absolute Gasteiger partial charge is 0.384 e. The molecule has 6 heteroatoms. The molecule has 0 unspecified atom stereocenters. The number of rotatable bonds is 4. The minimum Gasteiger partial charge on any atom is -0.384 e. The van der Waals surface area contributed by atoms with E-state index >= 15 is 0 Å². The van der Waals surface area contributed by atoms with Crippen LogP contribution in [0.15, 0.2) is 18.2 Å². The van der Waals surface area contributed by atoms with Gasteiger partial charge in [0, 0.05) is 12.6 Å². The van der Waals surface area contributed by atoms with Crippen LogP contribution in [0.1, 0.15) is 18.1 Å². The van der Waals surface area contributed by atoms with Gasteiger partial charge in [0.2, 0.25) is 0 Å². The van der Waals surface area contributed by atoms with Gasteiger partial charge in [0.25, 0.3) is 10.2 Å². The van der Waals surface area contributed by atoms with Gasteiger partial charge in [-0.15, -0.1) is 0 Å². The molecule has 0 heterocycles. The van der Waals surface area contributed by atoms with Crippen LogP contribution in [0.2, 0.25) is 0 Å². The smallest absolute Gasteiger partial charge is 0.298 e. The van der Waals surface area contributed by atoms with Crippen LogP contribution in [0.3, 0.4) is 0 Å². The Bertz CT molecular complexity index is 571. The van der Waals surface area contributed by atoms with Gasteiger partial charge in [-0.2, -0.15) is 8.42 Å². The number of anilines is 1. The molecule has 0 radical (unpaired) electrons. The average molecular weight is 268 g/mol. The Labute approximate surface area is 107 Å². The first-order chi connectivity index (χ1) is 8.52. The molecule has 18 heavy (non-hydrogen) atoms. The molecule has 0 fully saturated rings. The van der Waals surface area contributed by atoms with E-state index in [-0.39, 0.29) is 6.61 Å². The van der Waals surface area contributed by atoms with E-state index in [0.29, 0.717) is 12.1 Å². The summed E-state index contributed by atoms with van der Waals surface area (Å²) in [5.41, 5.74) is 2.12. The highest BCUT2D eigenvalue weighted by atomic mass is 32.2. The van der Waals surface area contributed by atoms with Crippen molar-refractivity contribution in [2.75, 3.05) is 18.4 Å². The SMILES string of the molecule is CCc1cc(C#CCO)ccc1NS(=O)(=O)NC. The molecule has 5 nitrogen and oxygen atoms in total. The van der Waals surface area contributed by atoms with Gasteiger partial charge in [-0.3, -0.25) is 4.72 Å². The fourth-order valence-electron chi connectivity index (χ4n) is 1.40. The van der Waals surface area contributed by atoms with E-state index in [0.717, 1.165) is 11.1 Å². The predicted octanol–water partition coefficient (Wildman–Crippen LogP) is 0.469. The summed E-state index contributed by atoms with van der Waals surface area (Å²) in [7, 11) is -2.17. The van der Waals surface area contributed by atoms with Crippen molar-refractivity contribution < 1.29 is 13.5 Å². The molecule has 0 amide bonds. The van der Waals surface area contributed by atoms with Crippen LogP contribution in [0.5, 0.6) is 0 Å². The first kappa shape index (κ1) is 14.5. The van der Waals surface area contributed by atoms with Crippen molar-refractivity contribution in [3.63, 3.8) is 0 Å². The van der Waals surface area contributed by atoms with Crippen LogP contribution in [-0.2, 0) is 16.6 Å². The number of aliphatic hydroxyl groups is 1. The quantitative estimate of drug-likeness (QED) is 0.695. The van der Waals surface area contributed by atoms with Gasteiger partial charge < -0.3 is 5.11 Å². The Morgan fingerprint density at radius 3 is 2.67 bits per heavy atom. The lowest BCUT2D eigenvalue weighted by molar-refractivity contribution is 0.350. The van der Waals surface area contributed by atoms with E-state index in [4.69, 9.17) is 5.11 Å². The zero-order valence-electron chi connectivity index (χ0n) is 10.3. The van der Waals surface area contributed by atoms with Crippen LogP contribution < -0.4 is 9.44 Å². The highest BCUT2D eigenvalue weighted by Crippen LogP contribution is 2.18. The Hall–Kier alpha value is -1.55. The minimum absolute atomic E-state index is 0.199. The van der Waals surface area contributed by atoms with Crippen LogP contribution >= 0.6 is 0 Å². The highest BCUT2D eigenvalue weighted by Gasteiger charge is 2.09. The fraction of sp³-hybridized carbons (Fsp3) is 0.333. The topological polar surface area (TPSA) is 78.4 Å². The van der Waals surface area contributed by atoms with E-state index in [1.807, 2.05) is 6.92 Å². The normalized spacial score (nSPS) is 10.6. The lowest BCUT2D eigenvalue weighted by Gasteiger charge is -2.11. The molecule has 0 aliphatic rings. The van der Waals surface area contributed by atoms with E-state index in [2.05, 4.69) is 21.3 Å². The van der Waals surface area contributed by atoms with Gasteiger partial charge in [-0.25, -0.2) is 4.72 Å². The van der Waals surface area contributed by atoms with Crippen molar-refractivity contribution in [3.8, 4) is 11.8 Å². The number of aryl methyl sites for hydroxylation is 1. The van der Waals surface area contributed by atoms with Crippen molar-refractivity contribution >= 4 is 15.9 Å². The summed E-state index contributed by atoms with van der Waals surface area (Å²) in [5.74, 6) is 5.33. The van der Waals surface area contributed by atoms with Gasteiger partial charge in [0.15, 0.2) is 0 Å². The Morgan fingerprint density at radius 2 is 2.11 bits per heavy atom. The molecule has 0 aliphatic carbocycles. The number of benzene rings is 1. The first-order valence-corrected chi connectivity index (χ1v) is 6.94. The van der Waals surface area contributed by atoms with Crippen LogP contribution in [0, 0.1) is 11.8 Å². The lowest BCUT2D eigenvalue weighted by Crippen LogP contribution is -2.26. The third-order valence-corrected chi connectivity index (χ3v) is 3.34. The molecule has 1 aromatic carbocycles. The van der Waals surface area contributed by atoms with Gasteiger partial charge >= 0.3 is 0 Å². The number of hydrogen-bond donors (Lipinski definition) is 3. The summed E-state index contributed by atoms with van der Waals surface area (Å²) in [6, 6.07) is 5.17. The summed E-state index contributed by atoms with van der Waals surface area (Å²) in [5, 5.41) is 8.62. The third-order valence-electron chi connectivity index (χ3n) is 2.31. The Balaban J connectivity index is 3.08. The molecule has 0 aliphatic heterocycles. The number of nitrogens with one attached hydrogen (secondary N) is 2. The Morgan fingerprint density at radius 1 is 1.39 bits per heavy atom. The van der Waals surface area contributed by atoms with Crippen molar-refractivity contribution in [1.29, 1.82) is 0 Å². The van der Waals surface area contributed by atoms with Gasteiger partial charge in [-0.1, -0.05) is 18.8 Å². The minimum atomic E-state index is -3.51. The predicted molar refractivity (Wildman–Crippen MR) is 71.4 cm³/mol. The van der Waals surface area contributed by atoms with E-state index < -0.39 is 10.2 Å². The van der Waals surface area contributed by atoms with Crippen LogP contribution in [-0.4, -0.2) is 27.2 Å². The lowest BCUT2D eigenvalue weighted by atomic mass is 10.1. The van der Waals surface area contributed by atoms with Gasteiger partial charge in [0.1, 0.15) is 6.61 Å². The summed E-state index contributed by atoms with van der Waals surface area (Å²) >= 11 is 0. The molecule has 0 saturated heterocycles. The number of hydrogen-bond acceptors (Lipinski definition) is 3. The van der Waals surface area contributed by atoms with E-state index in [1.54, 1.807) is 18.2 Å². The molecule has 0 aromatic heterocycles. The second-order valence-electron chi connectivity index (χ2n) is 3.49. The summed E-state index contributed by atoms with van der Waals surface area (Å²) in [4.78, 5) is 0. The molecule has 98 valence electrons. The van der Waals surface area contributed by atoms with Crippen molar-refractivity contribution in [2.45, 2.75) is 13.3 Å². The highest BCUT2D eigenvalue weighted by molar-refractivity contribution is 7.90. The maximum absolute atomic E-state index is 11.4. The zero-order valence-corrected chi connectivity index (χ0v) is 11.1. The van der Waals surface area contributed by atoms with Crippen molar-refractivity contribution in [3.05, 3.63) is 29.3 Å². The zero-order chi connectivity index (χ0) is 13.6. The first-order valence-electron chi connectivity index (χ1n) is 5.46. The molecule has 1 rings (SSSR count). The molecule has 0 spiro atoms. The second kappa shape index (κ2) is 6.40. The molecule has 0 atom stereocenters. The second-order valence-corrected chi connectivity index (χ2v) is 5.11. The van der Waals surface area contributed by atoms with Gasteiger partial charge in [0.05, 0.1) is 5.69 Å². The van der Waals surface area contributed by atoms with Crippen LogP contribution in [0.25, 0.3) is 0 Å². The maximum Gasteiger partial charge on any atom is 0.298 e. The third kappa shape index (κ3) is 4.04. The van der Waals surface area contributed by atoms with Gasteiger partial charge in [-0.05, 0) is 30.2 Å². The standard InChI is InChI=1S/C12H16N2O3S/c1-3-11-9-10(5-4-8-15)6-7-12(11)14-18(16,17)13-2/h6-7,9,13-15H,3,8H2,1-2H3. The Kier molecular flexibility index (Phi) is 5.16. The van der Waals surface area contributed by atoms with Crippen molar-refractivity contribution in [2.24, 2.45) is 0 Å². The molecular formula is C12H16N2O3S. The average Bonchev–Trinajstić information content (AvgIpc) is 2.37. The number of aliphatic hydroxyl groups excluding tert-OH is 1. The molecule has 1 aromatic rings. The van der Waals surface area contributed by atoms with E-state index in [1.165, 1.54) is 7.05 Å². The van der Waals surface area contributed by atoms with Crippen LogP contribution in [0.4, 0.5) is 5.69 Å². The summed E-state index contributed by atoms with van der Waals surface area (Å²) < 4.78 is 27.4.